The monoisotopic (exact) mass is 513 g/mol. The number of hydrogen-bond donors (Lipinski definition) is 1. The van der Waals surface area contributed by atoms with Crippen molar-refractivity contribution in [2.24, 2.45) is 11.8 Å². The summed E-state index contributed by atoms with van der Waals surface area (Å²) in [5.74, 6) is 0.811. The first kappa shape index (κ1) is 28.1. The van der Waals surface area contributed by atoms with Gasteiger partial charge in [-0.25, -0.2) is 0 Å². The summed E-state index contributed by atoms with van der Waals surface area (Å²) in [6, 6.07) is 13.5. The molecule has 9 nitrogen and oxygen atoms in total. The van der Waals surface area contributed by atoms with Gasteiger partial charge in [0.2, 0.25) is 0 Å². The Labute approximate surface area is 216 Å². The molecule has 2 saturated carbocycles. The Balaban J connectivity index is 0.000000208. The normalized spacial score (nSPS) is 16.1. The third kappa shape index (κ3) is 9.84. The van der Waals surface area contributed by atoms with Gasteiger partial charge in [0.25, 0.3) is 5.09 Å². The van der Waals surface area contributed by atoms with Crippen LogP contribution in [-0.2, 0) is 27.6 Å². The average Bonchev–Trinajstić information content (AvgIpc) is 2.94. The number of carbonyl (C=O) groups is 2. The van der Waals surface area contributed by atoms with Gasteiger partial charge in [-0.15, -0.1) is 10.1 Å². The van der Waals surface area contributed by atoms with Crippen LogP contribution in [0.25, 0.3) is 0 Å². The molecule has 0 amide bonds. The number of hydrogen-bond acceptors (Lipinski definition) is 8. The number of nitrogens with zero attached hydrogens (tertiary/aromatic N) is 1. The van der Waals surface area contributed by atoms with Gasteiger partial charge in [0.05, 0.1) is 18.4 Å². The molecule has 200 valence electrons. The number of carbonyl (C=O) groups excluding carboxylic acids is 2. The summed E-state index contributed by atoms with van der Waals surface area (Å²) in [5.41, 5.74) is 1.47. The first-order chi connectivity index (χ1) is 17.9. The summed E-state index contributed by atoms with van der Waals surface area (Å²) in [7, 11) is 0. The Hall–Kier alpha value is -3.46. The van der Waals surface area contributed by atoms with E-state index in [1.54, 1.807) is 48.5 Å². The maximum atomic E-state index is 11.9. The highest BCUT2D eigenvalue weighted by atomic mass is 16.9. The minimum Gasteiger partial charge on any atom is -0.426 e. The lowest BCUT2D eigenvalue weighted by Gasteiger charge is -2.19. The van der Waals surface area contributed by atoms with E-state index in [2.05, 4.69) is 4.84 Å². The van der Waals surface area contributed by atoms with Crippen LogP contribution in [0.1, 0.15) is 75.3 Å². The molecule has 0 spiro atoms. The molecular weight excluding hydrogens is 478 g/mol. The van der Waals surface area contributed by atoms with E-state index in [0.717, 1.165) is 56.9 Å². The molecule has 0 aromatic heterocycles. The molecule has 0 unspecified atom stereocenters. The van der Waals surface area contributed by atoms with Gasteiger partial charge in [0.1, 0.15) is 18.1 Å². The van der Waals surface area contributed by atoms with Gasteiger partial charge in [-0.2, -0.15) is 0 Å². The summed E-state index contributed by atoms with van der Waals surface area (Å²) < 4.78 is 10.7. The van der Waals surface area contributed by atoms with Crippen molar-refractivity contribution in [1.82, 2.24) is 0 Å². The Bertz CT molecular complexity index is 994. The molecule has 2 aromatic carbocycles. The van der Waals surface area contributed by atoms with E-state index < -0.39 is 5.09 Å². The highest BCUT2D eigenvalue weighted by molar-refractivity contribution is 5.75. The molecule has 0 heterocycles. The molecule has 0 aliphatic heterocycles. The SMILES string of the molecule is O=C(Oc1ccc(CO)cc1)C1CCCCC1.O=C(Oc1ccc(CO[N+](=O)[O-])cc1)C1CCCCC1. The van der Waals surface area contributed by atoms with Crippen molar-refractivity contribution < 1.29 is 34.1 Å². The van der Waals surface area contributed by atoms with Crippen LogP contribution < -0.4 is 9.47 Å². The second-order valence-electron chi connectivity index (χ2n) is 9.46. The maximum Gasteiger partial charge on any atom is 0.314 e. The van der Waals surface area contributed by atoms with Crippen molar-refractivity contribution in [3.8, 4) is 11.5 Å². The van der Waals surface area contributed by atoms with E-state index in [1.807, 2.05) is 0 Å². The van der Waals surface area contributed by atoms with Gasteiger partial charge in [-0.05, 0) is 61.1 Å². The third-order valence-corrected chi connectivity index (χ3v) is 6.68. The summed E-state index contributed by atoms with van der Waals surface area (Å²) in [6.07, 6.45) is 10.5. The molecule has 2 aliphatic carbocycles. The van der Waals surface area contributed by atoms with Gasteiger partial charge in [0.15, 0.2) is 0 Å². The second kappa shape index (κ2) is 14.9. The zero-order chi connectivity index (χ0) is 26.5. The van der Waals surface area contributed by atoms with Crippen LogP contribution in [0, 0.1) is 22.0 Å². The molecule has 4 rings (SSSR count). The van der Waals surface area contributed by atoms with Gasteiger partial charge >= 0.3 is 11.9 Å². The Morgan fingerprint density at radius 1 is 0.730 bits per heavy atom. The largest absolute Gasteiger partial charge is 0.426 e. The summed E-state index contributed by atoms with van der Waals surface area (Å²) >= 11 is 0. The van der Waals surface area contributed by atoms with E-state index in [-0.39, 0.29) is 37.0 Å². The zero-order valence-corrected chi connectivity index (χ0v) is 21.0. The fourth-order valence-electron chi connectivity index (χ4n) is 4.52. The van der Waals surface area contributed by atoms with Crippen LogP contribution in [-0.4, -0.2) is 22.1 Å². The molecule has 2 aromatic rings. The maximum absolute atomic E-state index is 11.9. The summed E-state index contributed by atoms with van der Waals surface area (Å²) in [4.78, 5) is 38.1. The Kier molecular flexibility index (Phi) is 11.4. The fourth-order valence-corrected chi connectivity index (χ4v) is 4.52. The van der Waals surface area contributed by atoms with E-state index in [0.29, 0.717) is 17.1 Å². The molecule has 9 heteroatoms. The quantitative estimate of drug-likeness (QED) is 0.211. The van der Waals surface area contributed by atoms with Crippen LogP contribution in [0.15, 0.2) is 48.5 Å². The van der Waals surface area contributed by atoms with Crippen LogP contribution in [0.2, 0.25) is 0 Å². The zero-order valence-electron chi connectivity index (χ0n) is 21.0. The molecule has 0 atom stereocenters. The molecule has 37 heavy (non-hydrogen) atoms. The van der Waals surface area contributed by atoms with Gasteiger partial charge in [-0.3, -0.25) is 9.59 Å². The molecule has 0 saturated heterocycles. The highest BCUT2D eigenvalue weighted by Crippen LogP contribution is 2.27. The summed E-state index contributed by atoms with van der Waals surface area (Å²) in [6.45, 7) is -0.0965. The minimum absolute atomic E-state index is 0.00115. The van der Waals surface area contributed by atoms with Crippen LogP contribution in [0.4, 0.5) is 0 Å². The van der Waals surface area contributed by atoms with Gasteiger partial charge < -0.3 is 19.4 Å². The predicted octanol–water partition coefficient (Wildman–Crippen LogP) is 5.55. The van der Waals surface area contributed by atoms with Crippen LogP contribution in [0.3, 0.4) is 0 Å². The number of esters is 2. The van der Waals surface area contributed by atoms with Crippen LogP contribution in [0.5, 0.6) is 11.5 Å². The Morgan fingerprint density at radius 3 is 1.51 bits per heavy atom. The first-order valence-electron chi connectivity index (χ1n) is 12.9. The van der Waals surface area contributed by atoms with Crippen molar-refractivity contribution in [3.63, 3.8) is 0 Å². The van der Waals surface area contributed by atoms with E-state index in [9.17, 15) is 19.7 Å². The Morgan fingerprint density at radius 2 is 1.14 bits per heavy atom. The molecular formula is C28H35NO8. The number of aliphatic hydroxyl groups is 1. The minimum atomic E-state index is -0.836. The summed E-state index contributed by atoms with van der Waals surface area (Å²) in [5, 5.41) is 18.1. The van der Waals surface area contributed by atoms with Crippen LogP contribution >= 0.6 is 0 Å². The second-order valence-corrected chi connectivity index (χ2v) is 9.46. The van der Waals surface area contributed by atoms with E-state index in [4.69, 9.17) is 14.6 Å². The lowest BCUT2D eigenvalue weighted by atomic mass is 9.89. The standard InChI is InChI=1S/C14H17NO5.C14H18O3/c16-14(12-4-2-1-3-5-12)20-13-8-6-11(7-9-13)10-19-15(17)18;15-10-11-6-8-13(9-7-11)17-14(16)12-4-2-1-3-5-12/h6-9,12H,1-5,10H2;6-9,12,15H,1-5,10H2. The van der Waals surface area contributed by atoms with Gasteiger partial charge in [0, 0.05) is 0 Å². The predicted molar refractivity (Wildman–Crippen MR) is 135 cm³/mol. The van der Waals surface area contributed by atoms with Gasteiger partial charge in [-0.1, -0.05) is 62.8 Å². The highest BCUT2D eigenvalue weighted by Gasteiger charge is 2.23. The van der Waals surface area contributed by atoms with Crippen molar-refractivity contribution >= 4 is 11.9 Å². The van der Waals surface area contributed by atoms with Crippen molar-refractivity contribution in [2.75, 3.05) is 0 Å². The van der Waals surface area contributed by atoms with E-state index in [1.165, 1.54) is 12.8 Å². The lowest BCUT2D eigenvalue weighted by Crippen LogP contribution is -2.22. The van der Waals surface area contributed by atoms with E-state index >= 15 is 0 Å². The lowest BCUT2D eigenvalue weighted by molar-refractivity contribution is -0.763. The molecule has 0 bridgehead atoms. The number of rotatable bonds is 8. The number of aliphatic hydroxyl groups excluding tert-OH is 1. The molecule has 1 N–H and O–H groups in total. The van der Waals surface area contributed by atoms with Crippen molar-refractivity contribution in [3.05, 3.63) is 69.8 Å². The molecule has 2 aliphatic rings. The third-order valence-electron chi connectivity index (χ3n) is 6.68. The average molecular weight is 514 g/mol. The number of ether oxygens (including phenoxy) is 2. The first-order valence-corrected chi connectivity index (χ1v) is 12.9. The van der Waals surface area contributed by atoms with Crippen molar-refractivity contribution in [1.29, 1.82) is 0 Å². The molecule has 2 fully saturated rings. The van der Waals surface area contributed by atoms with Crippen molar-refractivity contribution in [2.45, 2.75) is 77.4 Å². The number of benzene rings is 2. The molecule has 0 radical (unpaired) electrons. The fraction of sp³-hybridized carbons (Fsp3) is 0.500. The smallest absolute Gasteiger partial charge is 0.314 e. The topological polar surface area (TPSA) is 125 Å².